The van der Waals surface area contributed by atoms with Crippen LogP contribution in [-0.2, 0) is 14.3 Å². The maximum Gasteiger partial charge on any atom is 0.234 e. The van der Waals surface area contributed by atoms with Crippen LogP contribution in [0.2, 0.25) is 0 Å². The van der Waals surface area contributed by atoms with Gasteiger partial charge in [0.1, 0.15) is 12.0 Å². The number of carbonyl (C=O) groups excluding carboxylic acids is 2. The number of carbonyl (C=O) groups is 2. The minimum atomic E-state index is -1.22. The molecule has 0 radical (unpaired) electrons. The highest BCUT2D eigenvalue weighted by Gasteiger charge is 2.36. The molecule has 2 saturated heterocycles. The van der Waals surface area contributed by atoms with Gasteiger partial charge >= 0.3 is 0 Å². The number of hydrogen-bond donors (Lipinski definition) is 1. The van der Waals surface area contributed by atoms with Gasteiger partial charge in [0.05, 0.1) is 12.7 Å². The number of likely N-dealkylation sites (tertiary alicyclic amines) is 1. The molecule has 0 aromatic rings. The van der Waals surface area contributed by atoms with Crippen molar-refractivity contribution in [2.45, 2.75) is 37.8 Å². The van der Waals surface area contributed by atoms with E-state index in [4.69, 9.17) is 9.84 Å². The normalized spacial score (nSPS) is 29.6. The van der Waals surface area contributed by atoms with Gasteiger partial charge < -0.3 is 14.7 Å². The predicted octanol–water partition coefficient (Wildman–Crippen LogP) is 0.0546. The van der Waals surface area contributed by atoms with Crippen LogP contribution in [-0.4, -0.2) is 71.8 Å². The summed E-state index contributed by atoms with van der Waals surface area (Å²) < 4.78 is 19.2. The molecule has 0 saturated carbocycles. The van der Waals surface area contributed by atoms with Gasteiger partial charge in [-0.25, -0.2) is 4.39 Å². The Morgan fingerprint density at radius 2 is 2.41 bits per heavy atom. The van der Waals surface area contributed by atoms with Gasteiger partial charge in [0, 0.05) is 32.6 Å². The molecule has 122 valence electrons. The first-order valence-corrected chi connectivity index (χ1v) is 7.19. The van der Waals surface area contributed by atoms with Crippen molar-refractivity contribution in [3.63, 3.8) is 0 Å². The lowest BCUT2D eigenvalue weighted by Gasteiger charge is -2.24. The van der Waals surface area contributed by atoms with Crippen molar-refractivity contribution in [1.29, 1.82) is 0 Å². The number of hydrogen-bond acceptors (Lipinski definition) is 5. The van der Waals surface area contributed by atoms with Crippen LogP contribution in [0, 0.1) is 0 Å². The zero-order chi connectivity index (χ0) is 16.1. The Morgan fingerprint density at radius 1 is 1.64 bits per heavy atom. The molecule has 2 amide bonds. The molecule has 0 spiro atoms. The summed E-state index contributed by atoms with van der Waals surface area (Å²) in [6, 6.07) is 0. The molecule has 8 heteroatoms. The molecule has 2 heterocycles. The van der Waals surface area contributed by atoms with Crippen molar-refractivity contribution in [2.24, 2.45) is 4.99 Å². The number of aliphatic hydroxyl groups excluding tert-OH is 1. The first-order chi connectivity index (χ1) is 10.6. The lowest BCUT2D eigenvalue weighted by molar-refractivity contribution is -0.124. The molecule has 1 N–H and O–H groups in total. The Hall–Kier alpha value is -1.80. The number of aliphatic imine (C=N–C) groups is 1. The zero-order valence-corrected chi connectivity index (χ0v) is 12.4. The molecule has 2 aliphatic heterocycles. The minimum Gasteiger partial charge on any atom is -0.394 e. The van der Waals surface area contributed by atoms with Crippen LogP contribution in [0.4, 0.5) is 4.39 Å². The van der Waals surface area contributed by atoms with Gasteiger partial charge in [0.15, 0.2) is 6.23 Å². The Balaban J connectivity index is 2.03. The molecular formula is C14H20FN3O4. The van der Waals surface area contributed by atoms with E-state index < -0.39 is 18.5 Å². The van der Waals surface area contributed by atoms with Crippen molar-refractivity contribution in [1.82, 2.24) is 9.80 Å². The second kappa shape index (κ2) is 7.46. The first-order valence-electron chi connectivity index (χ1n) is 7.19. The topological polar surface area (TPSA) is 82.4 Å². The standard InChI is InChI=1S/C14H20FN3O4/c1-17(14-11(15)7-10(8-19)22-14)6-4-12(16-9-20)18-5-2-3-13(18)21/h4,6,9-11,14,19H,2-3,5,7-8H2,1H3/b6-4-,16-12+. The summed E-state index contributed by atoms with van der Waals surface area (Å²) >= 11 is 0. The maximum atomic E-state index is 13.8. The number of nitrogens with zero attached hydrogens (tertiary/aromatic N) is 3. The van der Waals surface area contributed by atoms with Gasteiger partial charge in [-0.1, -0.05) is 0 Å². The number of amidine groups is 1. The molecule has 0 bridgehead atoms. The van der Waals surface area contributed by atoms with Gasteiger partial charge in [0.25, 0.3) is 0 Å². The number of aliphatic hydroxyl groups is 1. The molecule has 7 nitrogen and oxygen atoms in total. The molecule has 0 aliphatic carbocycles. The lowest BCUT2D eigenvalue weighted by atomic mass is 10.2. The van der Waals surface area contributed by atoms with E-state index in [9.17, 15) is 14.0 Å². The molecule has 3 unspecified atom stereocenters. The predicted molar refractivity (Wildman–Crippen MR) is 76.6 cm³/mol. The molecule has 0 aromatic carbocycles. The summed E-state index contributed by atoms with van der Waals surface area (Å²) in [5.41, 5.74) is 0. The molecular weight excluding hydrogens is 293 g/mol. The quantitative estimate of drug-likeness (QED) is 0.441. The molecule has 3 atom stereocenters. The van der Waals surface area contributed by atoms with Crippen molar-refractivity contribution < 1.29 is 23.8 Å². The summed E-state index contributed by atoms with van der Waals surface area (Å²) in [5, 5.41) is 9.01. The third-order valence-corrected chi connectivity index (χ3v) is 3.73. The fourth-order valence-corrected chi connectivity index (χ4v) is 2.59. The average molecular weight is 313 g/mol. The molecule has 0 aromatic heterocycles. The third-order valence-electron chi connectivity index (χ3n) is 3.73. The number of rotatable bonds is 5. The van der Waals surface area contributed by atoms with Gasteiger partial charge in [0.2, 0.25) is 12.3 Å². The first kappa shape index (κ1) is 16.6. The fraction of sp³-hybridized carbons (Fsp3) is 0.643. The van der Waals surface area contributed by atoms with Crippen molar-refractivity contribution in [3.8, 4) is 0 Å². The van der Waals surface area contributed by atoms with Crippen molar-refractivity contribution in [3.05, 3.63) is 12.3 Å². The summed E-state index contributed by atoms with van der Waals surface area (Å²) in [6.07, 6.45) is 2.13. The van der Waals surface area contributed by atoms with E-state index in [0.717, 1.165) is 6.42 Å². The highest BCUT2D eigenvalue weighted by Crippen LogP contribution is 2.25. The van der Waals surface area contributed by atoms with Gasteiger partial charge in [-0.2, -0.15) is 4.99 Å². The SMILES string of the molecule is CN(/C=C\C(=N/C=O)N1CCCC1=O)C1OC(CO)CC1F. The Morgan fingerprint density at radius 3 is 2.95 bits per heavy atom. The van der Waals surface area contributed by atoms with Crippen molar-refractivity contribution in [2.75, 3.05) is 20.2 Å². The number of amides is 2. The molecule has 2 rings (SSSR count). The average Bonchev–Trinajstić information content (AvgIpc) is 3.09. The van der Waals surface area contributed by atoms with Gasteiger partial charge in [-0.3, -0.25) is 14.5 Å². The smallest absolute Gasteiger partial charge is 0.234 e. The lowest BCUT2D eigenvalue weighted by Crippen LogP contribution is -2.35. The highest BCUT2D eigenvalue weighted by atomic mass is 19.1. The van der Waals surface area contributed by atoms with E-state index in [0.29, 0.717) is 19.4 Å². The molecule has 2 aliphatic rings. The Bertz CT molecular complexity index is 483. The van der Waals surface area contributed by atoms with Crippen LogP contribution in [0.1, 0.15) is 19.3 Å². The largest absolute Gasteiger partial charge is 0.394 e. The van der Waals surface area contributed by atoms with Crippen LogP contribution in [0.3, 0.4) is 0 Å². The summed E-state index contributed by atoms with van der Waals surface area (Å²) in [5.74, 6) is 0.144. The van der Waals surface area contributed by atoms with E-state index in [1.54, 1.807) is 7.05 Å². The summed E-state index contributed by atoms with van der Waals surface area (Å²) in [7, 11) is 1.62. The zero-order valence-electron chi connectivity index (χ0n) is 12.4. The third kappa shape index (κ3) is 3.69. The molecule has 22 heavy (non-hydrogen) atoms. The summed E-state index contributed by atoms with van der Waals surface area (Å²) in [6.45, 7) is 0.284. The van der Waals surface area contributed by atoms with E-state index >= 15 is 0 Å². The number of ether oxygens (including phenoxy) is 1. The Kier molecular flexibility index (Phi) is 5.62. The van der Waals surface area contributed by atoms with Crippen LogP contribution in [0.5, 0.6) is 0 Å². The summed E-state index contributed by atoms with van der Waals surface area (Å²) in [4.78, 5) is 28.9. The van der Waals surface area contributed by atoms with E-state index in [1.807, 2.05) is 0 Å². The van der Waals surface area contributed by atoms with E-state index in [1.165, 1.54) is 22.1 Å². The molecule has 2 fully saturated rings. The van der Waals surface area contributed by atoms with Crippen LogP contribution >= 0.6 is 0 Å². The minimum absolute atomic E-state index is 0.0891. The van der Waals surface area contributed by atoms with Crippen LogP contribution in [0.25, 0.3) is 0 Å². The number of halogens is 1. The Labute approximate surface area is 128 Å². The second-order valence-corrected chi connectivity index (χ2v) is 5.31. The second-order valence-electron chi connectivity index (χ2n) is 5.31. The monoisotopic (exact) mass is 313 g/mol. The van der Waals surface area contributed by atoms with E-state index in [2.05, 4.69) is 4.99 Å². The highest BCUT2D eigenvalue weighted by molar-refractivity contribution is 6.07. The van der Waals surface area contributed by atoms with Gasteiger partial charge in [-0.05, 0) is 12.5 Å². The van der Waals surface area contributed by atoms with Crippen LogP contribution < -0.4 is 0 Å². The van der Waals surface area contributed by atoms with Crippen LogP contribution in [0.15, 0.2) is 17.3 Å². The maximum absolute atomic E-state index is 13.8. The fourth-order valence-electron chi connectivity index (χ4n) is 2.59. The van der Waals surface area contributed by atoms with Gasteiger partial charge in [-0.15, -0.1) is 0 Å². The van der Waals surface area contributed by atoms with Crippen molar-refractivity contribution >= 4 is 18.2 Å². The van der Waals surface area contributed by atoms with E-state index in [-0.39, 0.29) is 24.8 Å². The number of alkyl halides is 1.